The molecule has 0 saturated heterocycles. The van der Waals surface area contributed by atoms with Crippen LogP contribution in [-0.4, -0.2) is 28.1 Å². The zero-order valence-electron chi connectivity index (χ0n) is 16.1. The van der Waals surface area contributed by atoms with Crippen molar-refractivity contribution in [3.05, 3.63) is 66.7 Å². The van der Waals surface area contributed by atoms with Gasteiger partial charge in [-0.3, -0.25) is 0 Å². The van der Waals surface area contributed by atoms with Gasteiger partial charge in [-0.1, -0.05) is 18.2 Å². The topological polar surface area (TPSA) is 61.6 Å². The maximum absolute atomic E-state index is 5.47. The molecule has 0 heterocycles. The second-order valence-electron chi connectivity index (χ2n) is 5.83. The van der Waals surface area contributed by atoms with Gasteiger partial charge >= 0.3 is 0 Å². The van der Waals surface area contributed by atoms with Gasteiger partial charge in [-0.2, -0.15) is 10.2 Å². The van der Waals surface area contributed by atoms with Crippen LogP contribution < -0.4 is 14.2 Å². The molecule has 0 unspecified atom stereocenters. The van der Waals surface area contributed by atoms with Crippen LogP contribution in [0.3, 0.4) is 0 Å². The van der Waals surface area contributed by atoms with Crippen LogP contribution in [-0.2, 0) is 4.74 Å². The van der Waals surface area contributed by atoms with E-state index in [2.05, 4.69) is 10.2 Å². The van der Waals surface area contributed by atoms with Crippen molar-refractivity contribution < 1.29 is 18.9 Å². The van der Waals surface area contributed by atoms with Gasteiger partial charge in [-0.15, -0.1) is 0 Å². The predicted molar refractivity (Wildman–Crippen MR) is 108 cm³/mol. The molecule has 0 aromatic heterocycles. The molecule has 0 radical (unpaired) electrons. The second-order valence-corrected chi connectivity index (χ2v) is 5.83. The number of hydrogen-bond acceptors (Lipinski definition) is 6. The summed E-state index contributed by atoms with van der Waals surface area (Å²) < 4.78 is 21.2. The molecule has 6 nitrogen and oxygen atoms in total. The van der Waals surface area contributed by atoms with E-state index in [9.17, 15) is 0 Å². The van der Waals surface area contributed by atoms with Crippen LogP contribution >= 0.6 is 0 Å². The van der Waals surface area contributed by atoms with Crippen LogP contribution in [0.4, 0.5) is 11.4 Å². The summed E-state index contributed by atoms with van der Waals surface area (Å²) in [5.41, 5.74) is 3.37. The van der Waals surface area contributed by atoms with Gasteiger partial charge in [0.1, 0.15) is 17.2 Å². The first kappa shape index (κ1) is 19.4. The lowest BCUT2D eigenvalue weighted by Crippen LogP contribution is -1.97. The Hall–Kier alpha value is -3.38. The molecule has 3 rings (SSSR count). The van der Waals surface area contributed by atoms with Gasteiger partial charge in [0.2, 0.25) is 0 Å². The van der Waals surface area contributed by atoms with E-state index in [-0.39, 0.29) is 6.79 Å². The van der Waals surface area contributed by atoms with Gasteiger partial charge in [0.25, 0.3) is 0 Å². The summed E-state index contributed by atoms with van der Waals surface area (Å²) in [5, 5.41) is 8.54. The monoisotopic (exact) mass is 378 g/mol. The summed E-state index contributed by atoms with van der Waals surface area (Å²) >= 11 is 0. The lowest BCUT2D eigenvalue weighted by molar-refractivity contribution is 0.0511. The summed E-state index contributed by atoms with van der Waals surface area (Å²) in [6, 6.07) is 20.8. The minimum atomic E-state index is 0.212. The average Bonchev–Trinajstić information content (AvgIpc) is 2.76. The third-order valence-corrected chi connectivity index (χ3v) is 4.04. The molecule has 0 amide bonds. The Bertz CT molecular complexity index is 900. The molecule has 0 aliphatic rings. The van der Waals surface area contributed by atoms with Crippen molar-refractivity contribution in [3.63, 3.8) is 0 Å². The molecule has 0 spiro atoms. The zero-order valence-corrected chi connectivity index (χ0v) is 16.1. The van der Waals surface area contributed by atoms with Gasteiger partial charge < -0.3 is 18.9 Å². The molecule has 3 aromatic rings. The molecular weight excluding hydrogens is 356 g/mol. The first-order chi connectivity index (χ1) is 13.7. The van der Waals surface area contributed by atoms with Crippen LogP contribution in [0, 0.1) is 0 Å². The smallest absolute Gasteiger partial charge is 0.188 e. The van der Waals surface area contributed by atoms with Crippen LogP contribution in [0.25, 0.3) is 11.1 Å². The number of benzene rings is 3. The molecule has 144 valence electrons. The quantitative estimate of drug-likeness (QED) is 0.369. The van der Waals surface area contributed by atoms with Crippen molar-refractivity contribution in [2.75, 3.05) is 28.1 Å². The maximum Gasteiger partial charge on any atom is 0.188 e. The molecule has 0 atom stereocenters. The Morgan fingerprint density at radius 3 is 1.71 bits per heavy atom. The van der Waals surface area contributed by atoms with Crippen molar-refractivity contribution in [3.8, 4) is 28.4 Å². The molecule has 0 saturated carbocycles. The van der Waals surface area contributed by atoms with Gasteiger partial charge in [-0.25, -0.2) is 0 Å². The third-order valence-electron chi connectivity index (χ3n) is 4.04. The normalized spacial score (nSPS) is 10.8. The van der Waals surface area contributed by atoms with E-state index in [1.165, 1.54) is 0 Å². The van der Waals surface area contributed by atoms with E-state index in [0.717, 1.165) is 39.8 Å². The number of hydrogen-bond donors (Lipinski definition) is 0. The van der Waals surface area contributed by atoms with E-state index in [4.69, 9.17) is 18.9 Å². The Morgan fingerprint density at radius 2 is 1.21 bits per heavy atom. The van der Waals surface area contributed by atoms with Crippen LogP contribution in [0.2, 0.25) is 0 Å². The lowest BCUT2D eigenvalue weighted by atomic mass is 10.0. The molecular formula is C22H22N2O4. The van der Waals surface area contributed by atoms with E-state index in [0.29, 0.717) is 0 Å². The Morgan fingerprint density at radius 1 is 0.679 bits per heavy atom. The molecule has 0 bridgehead atoms. The standard InChI is InChI=1S/C22H22N2O4/c1-25-15-28-19-13-11-18(12-14-19)24-23-17-9-7-16(8-10-17)22-20(26-2)5-4-6-21(22)27-3/h4-14H,15H2,1-3H3. The fourth-order valence-electron chi connectivity index (χ4n) is 2.68. The summed E-state index contributed by atoms with van der Waals surface area (Å²) in [6.07, 6.45) is 0. The summed E-state index contributed by atoms with van der Waals surface area (Å²) in [5.74, 6) is 2.23. The zero-order chi connectivity index (χ0) is 19.8. The molecule has 0 fully saturated rings. The van der Waals surface area contributed by atoms with Crippen molar-refractivity contribution >= 4 is 11.4 Å². The number of methoxy groups -OCH3 is 3. The van der Waals surface area contributed by atoms with Gasteiger partial charge in [0.15, 0.2) is 6.79 Å². The van der Waals surface area contributed by atoms with E-state index < -0.39 is 0 Å². The van der Waals surface area contributed by atoms with Crippen molar-refractivity contribution in [2.45, 2.75) is 0 Å². The fourth-order valence-corrected chi connectivity index (χ4v) is 2.68. The highest BCUT2D eigenvalue weighted by Gasteiger charge is 2.11. The van der Waals surface area contributed by atoms with E-state index in [1.54, 1.807) is 21.3 Å². The summed E-state index contributed by atoms with van der Waals surface area (Å²) in [6.45, 7) is 0.212. The summed E-state index contributed by atoms with van der Waals surface area (Å²) in [4.78, 5) is 0. The highest BCUT2D eigenvalue weighted by Crippen LogP contribution is 2.38. The maximum atomic E-state index is 5.47. The van der Waals surface area contributed by atoms with Crippen LogP contribution in [0.1, 0.15) is 0 Å². The largest absolute Gasteiger partial charge is 0.496 e. The van der Waals surface area contributed by atoms with Crippen LogP contribution in [0.15, 0.2) is 77.0 Å². The number of nitrogens with zero attached hydrogens (tertiary/aromatic N) is 2. The van der Waals surface area contributed by atoms with Crippen molar-refractivity contribution in [1.29, 1.82) is 0 Å². The highest BCUT2D eigenvalue weighted by atomic mass is 16.7. The lowest BCUT2D eigenvalue weighted by Gasteiger charge is -2.13. The molecule has 0 aliphatic carbocycles. The molecule has 28 heavy (non-hydrogen) atoms. The van der Waals surface area contributed by atoms with Gasteiger partial charge in [-0.05, 0) is 54.1 Å². The fraction of sp³-hybridized carbons (Fsp3) is 0.182. The van der Waals surface area contributed by atoms with Crippen molar-refractivity contribution in [2.24, 2.45) is 10.2 Å². The number of azo groups is 1. The first-order valence-electron chi connectivity index (χ1n) is 8.70. The van der Waals surface area contributed by atoms with Crippen molar-refractivity contribution in [1.82, 2.24) is 0 Å². The second kappa shape index (κ2) is 9.53. The number of rotatable bonds is 8. The predicted octanol–water partition coefficient (Wildman–Crippen LogP) is 5.77. The Labute approximate surface area is 164 Å². The van der Waals surface area contributed by atoms with Gasteiger partial charge in [0, 0.05) is 7.11 Å². The summed E-state index contributed by atoms with van der Waals surface area (Å²) in [7, 11) is 4.87. The Kier molecular flexibility index (Phi) is 6.59. The first-order valence-corrected chi connectivity index (χ1v) is 8.70. The van der Waals surface area contributed by atoms with Crippen LogP contribution in [0.5, 0.6) is 17.2 Å². The Balaban J connectivity index is 1.76. The minimum absolute atomic E-state index is 0.212. The highest BCUT2D eigenvalue weighted by molar-refractivity contribution is 5.77. The average molecular weight is 378 g/mol. The van der Waals surface area contributed by atoms with E-state index in [1.807, 2.05) is 66.7 Å². The van der Waals surface area contributed by atoms with Gasteiger partial charge in [0.05, 0.1) is 31.2 Å². The third kappa shape index (κ3) is 4.66. The molecule has 3 aromatic carbocycles. The SMILES string of the molecule is COCOc1ccc(N=Nc2ccc(-c3c(OC)cccc3OC)cc2)cc1. The molecule has 6 heteroatoms. The number of ether oxygens (including phenoxy) is 4. The molecule has 0 aliphatic heterocycles. The van der Waals surface area contributed by atoms with E-state index >= 15 is 0 Å². The molecule has 0 N–H and O–H groups in total. The minimum Gasteiger partial charge on any atom is -0.496 e.